The van der Waals surface area contributed by atoms with E-state index in [0.29, 0.717) is 16.7 Å². The lowest BCUT2D eigenvalue weighted by atomic mass is 10.2. The second-order valence-electron chi connectivity index (χ2n) is 4.55. The van der Waals surface area contributed by atoms with Gasteiger partial charge in [0.2, 0.25) is 0 Å². The smallest absolute Gasteiger partial charge is 0.305 e. The van der Waals surface area contributed by atoms with Gasteiger partial charge in [-0.2, -0.15) is 8.78 Å². The zero-order valence-electron chi connectivity index (χ0n) is 11.7. The highest BCUT2D eigenvalue weighted by Crippen LogP contribution is 2.25. The molecule has 3 aromatic rings. The molecule has 0 atom stereocenters. The van der Waals surface area contributed by atoms with Crippen LogP contribution < -0.4 is 0 Å². The number of hydrogen-bond donors (Lipinski definition) is 0. The van der Waals surface area contributed by atoms with Gasteiger partial charge in [-0.25, -0.2) is 4.98 Å². The molecule has 0 fully saturated rings. The van der Waals surface area contributed by atoms with Crippen molar-refractivity contribution in [2.24, 2.45) is 7.05 Å². The molecule has 0 saturated carbocycles. The van der Waals surface area contributed by atoms with Crippen molar-refractivity contribution in [2.45, 2.75) is 17.5 Å². The predicted octanol–water partition coefficient (Wildman–Crippen LogP) is 3.37. The maximum atomic E-state index is 12.8. The fraction of sp³-hybridized carbons (Fsp3) is 0.214. The number of aromatic nitrogens is 5. The normalized spacial score (nSPS) is 11.3. The van der Waals surface area contributed by atoms with Gasteiger partial charge in [0, 0.05) is 25.0 Å². The van der Waals surface area contributed by atoms with Gasteiger partial charge in [0.15, 0.2) is 11.0 Å². The lowest BCUT2D eigenvalue weighted by molar-refractivity contribution is 0.0678. The average Bonchev–Trinajstić information content (AvgIpc) is 3.13. The number of alkyl halides is 2. The standard InChI is InChI=1S/C14H13F2N5S/c1-20-12(10-5-3-2-4-6-10)18-19-14(20)22-9-11-17-7-8-21(11)13(15)16/h2-8,13H,9H2,1H3. The lowest BCUT2D eigenvalue weighted by Gasteiger charge is -2.06. The van der Waals surface area contributed by atoms with Crippen molar-refractivity contribution in [2.75, 3.05) is 0 Å². The number of hydrogen-bond acceptors (Lipinski definition) is 4. The molecule has 0 spiro atoms. The molecule has 0 N–H and O–H groups in total. The molecule has 22 heavy (non-hydrogen) atoms. The maximum Gasteiger partial charge on any atom is 0.319 e. The van der Waals surface area contributed by atoms with Crippen molar-refractivity contribution in [1.29, 1.82) is 0 Å². The topological polar surface area (TPSA) is 48.5 Å². The Balaban J connectivity index is 1.77. The molecule has 0 saturated heterocycles. The Morgan fingerprint density at radius 3 is 2.68 bits per heavy atom. The average molecular weight is 321 g/mol. The fourth-order valence-electron chi connectivity index (χ4n) is 2.04. The first-order valence-electron chi connectivity index (χ1n) is 6.54. The fourth-order valence-corrected chi connectivity index (χ4v) is 2.90. The van der Waals surface area contributed by atoms with Gasteiger partial charge in [-0.15, -0.1) is 10.2 Å². The van der Waals surface area contributed by atoms with E-state index in [4.69, 9.17) is 0 Å². The molecule has 2 aromatic heterocycles. The Bertz CT molecular complexity index is 754. The molecule has 8 heteroatoms. The van der Waals surface area contributed by atoms with Crippen LogP contribution in [0.15, 0.2) is 47.9 Å². The van der Waals surface area contributed by atoms with E-state index in [0.717, 1.165) is 16.0 Å². The first-order chi connectivity index (χ1) is 10.7. The molecule has 0 radical (unpaired) electrons. The highest BCUT2D eigenvalue weighted by molar-refractivity contribution is 7.98. The van der Waals surface area contributed by atoms with Crippen LogP contribution in [-0.4, -0.2) is 24.3 Å². The summed E-state index contributed by atoms with van der Waals surface area (Å²) in [5.74, 6) is 1.35. The van der Waals surface area contributed by atoms with Crippen LogP contribution in [0.1, 0.15) is 12.4 Å². The third kappa shape index (κ3) is 2.87. The van der Waals surface area contributed by atoms with E-state index in [1.165, 1.54) is 24.2 Å². The Labute approximate surface area is 130 Å². The molecule has 114 valence electrons. The summed E-state index contributed by atoms with van der Waals surface area (Å²) in [6, 6.07) is 9.68. The first-order valence-corrected chi connectivity index (χ1v) is 7.53. The summed E-state index contributed by atoms with van der Waals surface area (Å²) in [7, 11) is 1.85. The second-order valence-corrected chi connectivity index (χ2v) is 5.49. The van der Waals surface area contributed by atoms with Crippen LogP contribution in [0.3, 0.4) is 0 Å². The van der Waals surface area contributed by atoms with Crippen molar-refractivity contribution in [3.63, 3.8) is 0 Å². The molecule has 0 amide bonds. The van der Waals surface area contributed by atoms with E-state index in [2.05, 4.69) is 15.2 Å². The monoisotopic (exact) mass is 321 g/mol. The van der Waals surface area contributed by atoms with Crippen LogP contribution in [0.25, 0.3) is 11.4 Å². The van der Waals surface area contributed by atoms with Gasteiger partial charge in [0.1, 0.15) is 5.82 Å². The lowest BCUT2D eigenvalue weighted by Crippen LogP contribution is -2.03. The van der Waals surface area contributed by atoms with Crippen LogP contribution in [-0.2, 0) is 12.8 Å². The Kier molecular flexibility index (Phi) is 4.19. The molecule has 1 aromatic carbocycles. The highest BCUT2D eigenvalue weighted by Gasteiger charge is 2.15. The first kappa shape index (κ1) is 14.7. The molecule has 0 bridgehead atoms. The number of rotatable bonds is 5. The Morgan fingerprint density at radius 1 is 1.18 bits per heavy atom. The minimum atomic E-state index is -2.59. The molecule has 3 rings (SSSR count). The van der Waals surface area contributed by atoms with E-state index >= 15 is 0 Å². The minimum absolute atomic E-state index is 0.304. The minimum Gasteiger partial charge on any atom is -0.305 e. The van der Waals surface area contributed by atoms with Crippen LogP contribution in [0, 0.1) is 0 Å². The van der Waals surface area contributed by atoms with Gasteiger partial charge in [-0.1, -0.05) is 42.1 Å². The zero-order chi connectivity index (χ0) is 15.5. The SMILES string of the molecule is Cn1c(SCc2nccn2C(F)F)nnc1-c1ccccc1. The van der Waals surface area contributed by atoms with Gasteiger partial charge in [-0.3, -0.25) is 4.57 Å². The number of nitrogens with zero attached hydrogens (tertiary/aromatic N) is 5. The molecule has 0 aliphatic carbocycles. The van der Waals surface area contributed by atoms with E-state index in [9.17, 15) is 8.78 Å². The van der Waals surface area contributed by atoms with Crippen LogP contribution >= 0.6 is 11.8 Å². The van der Waals surface area contributed by atoms with Crippen LogP contribution in [0.4, 0.5) is 8.78 Å². The third-order valence-corrected chi connectivity index (χ3v) is 4.17. The summed E-state index contributed by atoms with van der Waals surface area (Å²) in [6.07, 6.45) is 2.64. The summed E-state index contributed by atoms with van der Waals surface area (Å²) in [5, 5.41) is 8.93. The number of thioether (sulfide) groups is 1. The highest BCUT2D eigenvalue weighted by atomic mass is 32.2. The molecule has 2 heterocycles. The van der Waals surface area contributed by atoms with E-state index in [1.54, 1.807) is 0 Å². The van der Waals surface area contributed by atoms with Gasteiger partial charge < -0.3 is 4.57 Å². The molecule has 0 unspecified atom stereocenters. The third-order valence-electron chi connectivity index (χ3n) is 3.16. The van der Waals surface area contributed by atoms with E-state index < -0.39 is 6.55 Å². The van der Waals surface area contributed by atoms with E-state index in [1.807, 2.05) is 41.9 Å². The van der Waals surface area contributed by atoms with Crippen LogP contribution in [0.5, 0.6) is 0 Å². The largest absolute Gasteiger partial charge is 0.319 e. The molecular weight excluding hydrogens is 308 g/mol. The summed E-state index contributed by atoms with van der Waals surface area (Å²) in [5.41, 5.74) is 0.957. The maximum absolute atomic E-state index is 12.8. The zero-order valence-corrected chi connectivity index (χ0v) is 12.5. The molecule has 0 aliphatic rings. The molecule has 5 nitrogen and oxygen atoms in total. The number of benzene rings is 1. The number of halogens is 2. The van der Waals surface area contributed by atoms with E-state index in [-0.39, 0.29) is 0 Å². The predicted molar refractivity (Wildman–Crippen MR) is 79.5 cm³/mol. The van der Waals surface area contributed by atoms with Crippen LogP contribution in [0.2, 0.25) is 0 Å². The Hall–Kier alpha value is -2.22. The van der Waals surface area contributed by atoms with Gasteiger partial charge in [-0.05, 0) is 0 Å². The molecular formula is C14H13F2N5S. The quantitative estimate of drug-likeness (QED) is 0.676. The molecule has 0 aliphatic heterocycles. The Morgan fingerprint density at radius 2 is 1.95 bits per heavy atom. The van der Waals surface area contributed by atoms with Crippen molar-refractivity contribution >= 4 is 11.8 Å². The van der Waals surface area contributed by atoms with Gasteiger partial charge >= 0.3 is 6.55 Å². The van der Waals surface area contributed by atoms with Crippen molar-refractivity contribution in [3.05, 3.63) is 48.5 Å². The van der Waals surface area contributed by atoms with Crippen molar-refractivity contribution in [1.82, 2.24) is 24.3 Å². The second kappa shape index (κ2) is 6.27. The van der Waals surface area contributed by atoms with Gasteiger partial charge in [0.05, 0.1) is 5.75 Å². The van der Waals surface area contributed by atoms with Crippen molar-refractivity contribution < 1.29 is 8.78 Å². The summed E-state index contributed by atoms with van der Waals surface area (Å²) in [6.45, 7) is -2.59. The number of imidazole rings is 1. The van der Waals surface area contributed by atoms with Gasteiger partial charge in [0.25, 0.3) is 0 Å². The summed E-state index contributed by atoms with van der Waals surface area (Å²) < 4.78 is 28.2. The summed E-state index contributed by atoms with van der Waals surface area (Å²) >= 11 is 1.32. The van der Waals surface area contributed by atoms with Crippen molar-refractivity contribution in [3.8, 4) is 11.4 Å². The summed E-state index contributed by atoms with van der Waals surface area (Å²) in [4.78, 5) is 3.95.